The van der Waals surface area contributed by atoms with E-state index in [-0.39, 0.29) is 4.88 Å². The largest absolute Gasteiger partial charge is 0.477 e. The number of fused-ring (bicyclic) bond motifs is 1. The van der Waals surface area contributed by atoms with Crippen molar-refractivity contribution in [1.82, 2.24) is 4.98 Å². The third-order valence-corrected chi connectivity index (χ3v) is 4.70. The summed E-state index contributed by atoms with van der Waals surface area (Å²) in [5.74, 6) is -0.962. The molecule has 1 aromatic carbocycles. The van der Waals surface area contributed by atoms with Crippen LogP contribution in [0, 0.1) is 18.3 Å². The van der Waals surface area contributed by atoms with Crippen molar-refractivity contribution in [3.05, 3.63) is 33.8 Å². The molecule has 21 heavy (non-hydrogen) atoms. The highest BCUT2D eigenvalue weighted by atomic mass is 32.1. The van der Waals surface area contributed by atoms with Crippen molar-refractivity contribution in [3.63, 3.8) is 0 Å². The van der Waals surface area contributed by atoms with Crippen molar-refractivity contribution in [2.45, 2.75) is 19.8 Å². The third-order valence-electron chi connectivity index (χ3n) is 3.50. The molecule has 0 saturated heterocycles. The highest BCUT2D eigenvalue weighted by Crippen LogP contribution is 2.34. The Labute approximate surface area is 125 Å². The molecular formula is C15H13N3O2S. The number of benzene rings is 1. The van der Waals surface area contributed by atoms with Gasteiger partial charge in [-0.3, -0.25) is 0 Å². The normalized spacial score (nSPS) is 13.1. The van der Waals surface area contributed by atoms with Crippen LogP contribution in [0.5, 0.6) is 0 Å². The Hall–Kier alpha value is -2.39. The van der Waals surface area contributed by atoms with Gasteiger partial charge in [0.15, 0.2) is 0 Å². The minimum Gasteiger partial charge on any atom is -0.477 e. The number of aryl methyl sites for hydroxylation is 2. The van der Waals surface area contributed by atoms with Gasteiger partial charge in [0.25, 0.3) is 0 Å². The molecule has 6 heteroatoms. The second-order valence-electron chi connectivity index (χ2n) is 4.94. The first-order chi connectivity index (χ1) is 10.1. The van der Waals surface area contributed by atoms with Crippen LogP contribution in [0.1, 0.15) is 32.9 Å². The predicted molar refractivity (Wildman–Crippen MR) is 80.8 cm³/mol. The Bertz CT molecular complexity index is 774. The maximum absolute atomic E-state index is 11.1. The number of carboxylic acid groups (broad SMARTS) is 1. The number of aromatic nitrogens is 1. The number of nitriles is 1. The summed E-state index contributed by atoms with van der Waals surface area (Å²) in [7, 11) is 0. The van der Waals surface area contributed by atoms with Crippen LogP contribution in [-0.4, -0.2) is 22.6 Å². The molecule has 106 valence electrons. The maximum Gasteiger partial charge on any atom is 0.347 e. The highest BCUT2D eigenvalue weighted by Gasteiger charge is 2.19. The van der Waals surface area contributed by atoms with E-state index in [4.69, 9.17) is 5.11 Å². The van der Waals surface area contributed by atoms with Gasteiger partial charge in [-0.1, -0.05) is 0 Å². The van der Waals surface area contributed by atoms with Crippen molar-refractivity contribution in [2.75, 3.05) is 11.9 Å². The van der Waals surface area contributed by atoms with E-state index in [0.29, 0.717) is 16.3 Å². The van der Waals surface area contributed by atoms with Crippen molar-refractivity contribution in [1.29, 1.82) is 5.26 Å². The van der Waals surface area contributed by atoms with Gasteiger partial charge in [0.2, 0.25) is 0 Å². The second-order valence-corrected chi connectivity index (χ2v) is 5.94. The van der Waals surface area contributed by atoms with E-state index < -0.39 is 5.97 Å². The second kappa shape index (κ2) is 5.19. The summed E-state index contributed by atoms with van der Waals surface area (Å²) < 4.78 is 0. The summed E-state index contributed by atoms with van der Waals surface area (Å²) >= 11 is 1.15. The molecule has 1 aliphatic heterocycles. The number of anilines is 1. The zero-order valence-corrected chi connectivity index (χ0v) is 12.3. The van der Waals surface area contributed by atoms with E-state index in [1.807, 2.05) is 6.07 Å². The van der Waals surface area contributed by atoms with Crippen LogP contribution >= 0.6 is 11.3 Å². The molecule has 0 bridgehead atoms. The van der Waals surface area contributed by atoms with Crippen LogP contribution in [-0.2, 0) is 6.42 Å². The SMILES string of the molecule is Cc1nc(-c2cc(C#N)c3c(c2)CCCN3)sc1C(=O)O. The molecular weight excluding hydrogens is 286 g/mol. The molecule has 0 spiro atoms. The number of nitrogens with one attached hydrogen (secondary N) is 1. The number of thiazole rings is 1. The first-order valence-corrected chi connectivity index (χ1v) is 7.44. The van der Waals surface area contributed by atoms with Crippen LogP contribution in [0.25, 0.3) is 10.6 Å². The Morgan fingerprint density at radius 1 is 1.52 bits per heavy atom. The predicted octanol–water partition coefficient (Wildman–Crippen LogP) is 3.05. The van der Waals surface area contributed by atoms with Crippen molar-refractivity contribution in [3.8, 4) is 16.6 Å². The average molecular weight is 299 g/mol. The molecule has 2 aromatic rings. The minimum absolute atomic E-state index is 0.249. The summed E-state index contributed by atoms with van der Waals surface area (Å²) in [5, 5.41) is 22.3. The molecule has 1 aliphatic rings. The third kappa shape index (κ3) is 2.36. The van der Waals surface area contributed by atoms with Crippen molar-refractivity contribution in [2.24, 2.45) is 0 Å². The van der Waals surface area contributed by atoms with Crippen molar-refractivity contribution < 1.29 is 9.90 Å². The van der Waals surface area contributed by atoms with Gasteiger partial charge < -0.3 is 10.4 Å². The molecule has 0 atom stereocenters. The Morgan fingerprint density at radius 3 is 3.00 bits per heavy atom. The molecule has 0 amide bonds. The Morgan fingerprint density at radius 2 is 2.33 bits per heavy atom. The first-order valence-electron chi connectivity index (χ1n) is 6.62. The molecule has 0 saturated carbocycles. The van der Waals surface area contributed by atoms with E-state index in [1.165, 1.54) is 0 Å². The fourth-order valence-electron chi connectivity index (χ4n) is 2.53. The highest BCUT2D eigenvalue weighted by molar-refractivity contribution is 7.17. The number of rotatable bonds is 2. The van der Waals surface area contributed by atoms with E-state index in [2.05, 4.69) is 16.4 Å². The molecule has 0 fully saturated rings. The van der Waals surface area contributed by atoms with Gasteiger partial charge in [-0.05, 0) is 37.5 Å². The topological polar surface area (TPSA) is 86.0 Å². The van der Waals surface area contributed by atoms with E-state index in [1.54, 1.807) is 13.0 Å². The van der Waals surface area contributed by atoms with E-state index in [9.17, 15) is 10.1 Å². The molecule has 2 N–H and O–H groups in total. The fourth-order valence-corrected chi connectivity index (χ4v) is 3.42. The number of carboxylic acids is 1. The number of nitrogens with zero attached hydrogens (tertiary/aromatic N) is 2. The maximum atomic E-state index is 11.1. The van der Waals surface area contributed by atoms with Gasteiger partial charge in [-0.2, -0.15) is 5.26 Å². The molecule has 0 unspecified atom stereocenters. The summed E-state index contributed by atoms with van der Waals surface area (Å²) in [6.07, 6.45) is 1.94. The monoisotopic (exact) mass is 299 g/mol. The lowest BCUT2D eigenvalue weighted by molar-refractivity contribution is 0.0701. The average Bonchev–Trinajstić information content (AvgIpc) is 2.88. The van der Waals surface area contributed by atoms with Crippen LogP contribution in [0.4, 0.5) is 5.69 Å². The summed E-state index contributed by atoms with van der Waals surface area (Å²) in [5.41, 5.74) is 3.91. The zero-order chi connectivity index (χ0) is 15.0. The molecule has 5 nitrogen and oxygen atoms in total. The van der Waals surface area contributed by atoms with E-state index >= 15 is 0 Å². The van der Waals surface area contributed by atoms with Gasteiger partial charge in [-0.25, -0.2) is 9.78 Å². The Kier molecular flexibility index (Phi) is 3.35. The standard InChI is InChI=1S/C15H13N3O2S/c1-8-13(15(19)20)21-14(18-8)10-5-9-3-2-4-17-12(9)11(6-10)7-16/h5-6,17H,2-4H2,1H3,(H,19,20). The quantitative estimate of drug-likeness (QED) is 0.890. The van der Waals surface area contributed by atoms with Crippen LogP contribution < -0.4 is 5.32 Å². The number of hydrogen-bond acceptors (Lipinski definition) is 5. The van der Waals surface area contributed by atoms with Gasteiger partial charge >= 0.3 is 5.97 Å². The van der Waals surface area contributed by atoms with Crippen molar-refractivity contribution >= 4 is 23.0 Å². The smallest absolute Gasteiger partial charge is 0.347 e. The summed E-state index contributed by atoms with van der Waals surface area (Å²) in [4.78, 5) is 15.7. The summed E-state index contributed by atoms with van der Waals surface area (Å²) in [6, 6.07) is 5.99. The van der Waals surface area contributed by atoms with Gasteiger partial charge in [-0.15, -0.1) is 11.3 Å². The number of aromatic carboxylic acids is 1. The van der Waals surface area contributed by atoms with Crippen LogP contribution in [0.15, 0.2) is 12.1 Å². The van der Waals surface area contributed by atoms with Gasteiger partial charge in [0, 0.05) is 12.1 Å². The first kappa shape index (κ1) is 13.6. The summed E-state index contributed by atoms with van der Waals surface area (Å²) in [6.45, 7) is 2.56. The molecule has 0 radical (unpaired) electrons. The van der Waals surface area contributed by atoms with Crippen LogP contribution in [0.3, 0.4) is 0 Å². The number of hydrogen-bond donors (Lipinski definition) is 2. The lowest BCUT2D eigenvalue weighted by Crippen LogP contribution is -2.13. The van der Waals surface area contributed by atoms with Gasteiger partial charge in [0.05, 0.1) is 16.9 Å². The molecule has 3 rings (SSSR count). The van der Waals surface area contributed by atoms with Crippen LogP contribution in [0.2, 0.25) is 0 Å². The molecule has 1 aromatic heterocycles. The zero-order valence-electron chi connectivity index (χ0n) is 11.4. The van der Waals surface area contributed by atoms with E-state index in [0.717, 1.165) is 47.5 Å². The molecule has 2 heterocycles. The Balaban J connectivity index is 2.13. The fraction of sp³-hybridized carbons (Fsp3) is 0.267. The lowest BCUT2D eigenvalue weighted by Gasteiger charge is -2.19. The minimum atomic E-state index is -0.962. The molecule has 0 aliphatic carbocycles. The number of carbonyl (C=O) groups is 1. The lowest BCUT2D eigenvalue weighted by atomic mass is 9.97. The van der Waals surface area contributed by atoms with Gasteiger partial charge in [0.1, 0.15) is 16.0 Å².